The molecule has 0 amide bonds. The van der Waals surface area contributed by atoms with Gasteiger partial charge in [-0.2, -0.15) is 23.2 Å². The molecule has 0 aliphatic heterocycles. The molecule has 4 nitrogen and oxygen atoms in total. The number of hydrogen-bond acceptors (Lipinski definition) is 3. The maximum atomic E-state index is 12.7. The monoisotopic (exact) mass is 304 g/mol. The topological polar surface area (TPSA) is 70.0 Å². The largest absolute Gasteiger partial charge is 0.407 e. The molecule has 1 aliphatic rings. The van der Waals surface area contributed by atoms with Gasteiger partial charge in [-0.05, 0) is 24.5 Å². The van der Waals surface area contributed by atoms with Gasteiger partial charge in [-0.1, -0.05) is 18.2 Å². The van der Waals surface area contributed by atoms with Crippen LogP contribution < -0.4 is 4.72 Å². The van der Waals surface area contributed by atoms with E-state index in [1.165, 1.54) is 18.2 Å². The molecule has 0 spiro atoms. The van der Waals surface area contributed by atoms with E-state index in [1.54, 1.807) is 10.8 Å². The first kappa shape index (κ1) is 14.8. The molecule has 0 aromatic heterocycles. The van der Waals surface area contributed by atoms with Crippen LogP contribution in [0.15, 0.2) is 24.3 Å². The Balaban J connectivity index is 2.19. The molecule has 0 bridgehead atoms. The van der Waals surface area contributed by atoms with Gasteiger partial charge in [-0.3, -0.25) is 0 Å². The number of halogens is 3. The van der Waals surface area contributed by atoms with Gasteiger partial charge in [0.2, 0.25) is 10.0 Å². The lowest BCUT2D eigenvalue weighted by atomic mass is 10.1. The molecule has 1 aromatic carbocycles. The van der Waals surface area contributed by atoms with Crippen LogP contribution in [0.1, 0.15) is 24.0 Å². The number of benzene rings is 1. The Morgan fingerprint density at radius 3 is 2.40 bits per heavy atom. The number of hydrogen-bond donors (Lipinski definition) is 1. The van der Waals surface area contributed by atoms with Crippen molar-refractivity contribution in [2.45, 2.75) is 30.3 Å². The normalized spacial score (nSPS) is 17.5. The molecule has 1 fully saturated rings. The van der Waals surface area contributed by atoms with Crippen molar-refractivity contribution in [3.63, 3.8) is 0 Å². The van der Waals surface area contributed by atoms with Crippen LogP contribution in [-0.2, 0) is 15.8 Å². The number of rotatable bonds is 4. The highest BCUT2D eigenvalue weighted by molar-refractivity contribution is 7.88. The van der Waals surface area contributed by atoms with Crippen LogP contribution in [0.3, 0.4) is 0 Å². The lowest BCUT2D eigenvalue weighted by molar-refractivity contribution is -0.160. The van der Waals surface area contributed by atoms with E-state index < -0.39 is 27.5 Å². The molecule has 1 saturated carbocycles. The van der Waals surface area contributed by atoms with Crippen molar-refractivity contribution < 1.29 is 21.6 Å². The maximum absolute atomic E-state index is 12.7. The molecule has 0 unspecified atom stereocenters. The summed E-state index contributed by atoms with van der Waals surface area (Å²) in [6, 6.07) is 7.72. The second-order valence-electron chi connectivity index (χ2n) is 4.71. The quantitative estimate of drug-likeness (QED) is 0.925. The van der Waals surface area contributed by atoms with E-state index in [4.69, 9.17) is 5.26 Å². The molecular formula is C12H11F3N2O2S. The molecular weight excluding hydrogens is 293 g/mol. The second-order valence-corrected chi connectivity index (χ2v) is 6.43. The average Bonchev–Trinajstić information content (AvgIpc) is 3.08. The Bertz CT molecular complexity index is 658. The summed E-state index contributed by atoms with van der Waals surface area (Å²) in [5.41, 5.74) is -2.01. The third kappa shape index (κ3) is 2.94. The standard InChI is InChI=1S/C12H11F3N2O2S/c13-12(14,15)11(5-6-11)17-20(18,19)8-10-4-2-1-3-9(10)7-16/h1-4,17H,5-6,8H2. The van der Waals surface area contributed by atoms with Gasteiger partial charge < -0.3 is 0 Å². The van der Waals surface area contributed by atoms with Crippen molar-refractivity contribution in [1.82, 2.24) is 4.72 Å². The molecule has 0 heterocycles. The minimum Gasteiger partial charge on any atom is -0.212 e. The molecule has 1 N–H and O–H groups in total. The van der Waals surface area contributed by atoms with Gasteiger partial charge in [0.25, 0.3) is 0 Å². The van der Waals surface area contributed by atoms with E-state index in [-0.39, 0.29) is 24.0 Å². The fourth-order valence-electron chi connectivity index (χ4n) is 1.86. The zero-order valence-corrected chi connectivity index (χ0v) is 11.1. The lowest BCUT2D eigenvalue weighted by Gasteiger charge is -2.20. The van der Waals surface area contributed by atoms with Crippen LogP contribution in [-0.4, -0.2) is 20.1 Å². The van der Waals surface area contributed by atoms with Crippen molar-refractivity contribution in [2.24, 2.45) is 0 Å². The number of nitrogens with zero attached hydrogens (tertiary/aromatic N) is 1. The highest BCUT2D eigenvalue weighted by Gasteiger charge is 2.65. The van der Waals surface area contributed by atoms with Gasteiger partial charge in [0.1, 0.15) is 5.54 Å². The van der Waals surface area contributed by atoms with E-state index in [2.05, 4.69) is 0 Å². The van der Waals surface area contributed by atoms with Gasteiger partial charge in [0.05, 0.1) is 17.4 Å². The van der Waals surface area contributed by atoms with Crippen molar-refractivity contribution in [2.75, 3.05) is 0 Å². The first-order valence-electron chi connectivity index (χ1n) is 5.75. The molecule has 1 aromatic rings. The molecule has 1 aliphatic carbocycles. The zero-order valence-electron chi connectivity index (χ0n) is 10.2. The summed E-state index contributed by atoms with van der Waals surface area (Å²) in [6.45, 7) is 0. The third-order valence-corrected chi connectivity index (χ3v) is 4.52. The summed E-state index contributed by atoms with van der Waals surface area (Å²) >= 11 is 0. The predicted molar refractivity (Wildman–Crippen MR) is 64.9 cm³/mol. The molecule has 20 heavy (non-hydrogen) atoms. The van der Waals surface area contributed by atoms with Crippen LogP contribution in [0.2, 0.25) is 0 Å². The smallest absolute Gasteiger partial charge is 0.212 e. The number of nitrogens with one attached hydrogen (secondary N) is 1. The maximum Gasteiger partial charge on any atom is 0.407 e. The second kappa shape index (κ2) is 4.75. The summed E-state index contributed by atoms with van der Waals surface area (Å²) in [7, 11) is -4.17. The summed E-state index contributed by atoms with van der Waals surface area (Å²) in [4.78, 5) is 0. The molecule has 0 saturated heterocycles. The SMILES string of the molecule is N#Cc1ccccc1CS(=O)(=O)NC1(C(F)(F)F)CC1. The summed E-state index contributed by atoms with van der Waals surface area (Å²) < 4.78 is 63.6. The van der Waals surface area contributed by atoms with Crippen molar-refractivity contribution >= 4 is 10.0 Å². The lowest BCUT2D eigenvalue weighted by Crippen LogP contribution is -2.48. The van der Waals surface area contributed by atoms with Crippen LogP contribution in [0.25, 0.3) is 0 Å². The average molecular weight is 304 g/mol. The van der Waals surface area contributed by atoms with E-state index >= 15 is 0 Å². The van der Waals surface area contributed by atoms with Crippen molar-refractivity contribution in [1.29, 1.82) is 5.26 Å². The Morgan fingerprint density at radius 1 is 1.30 bits per heavy atom. The van der Waals surface area contributed by atoms with Gasteiger partial charge in [0.15, 0.2) is 0 Å². The summed E-state index contributed by atoms with van der Waals surface area (Å²) in [6.07, 6.45) is -5.11. The fraction of sp³-hybridized carbons (Fsp3) is 0.417. The fourth-order valence-corrected chi connectivity index (χ4v) is 3.51. The zero-order chi connectivity index (χ0) is 15.0. The number of nitriles is 1. The molecule has 2 rings (SSSR count). The van der Waals surface area contributed by atoms with Gasteiger partial charge in [-0.15, -0.1) is 0 Å². The van der Waals surface area contributed by atoms with Crippen LogP contribution in [0, 0.1) is 11.3 Å². The Kier molecular flexibility index (Phi) is 3.52. The number of sulfonamides is 1. The molecule has 8 heteroatoms. The summed E-state index contributed by atoms with van der Waals surface area (Å²) in [5, 5.41) is 8.84. The van der Waals surface area contributed by atoms with E-state index in [1.807, 2.05) is 6.07 Å². The number of alkyl halides is 3. The van der Waals surface area contributed by atoms with E-state index in [9.17, 15) is 21.6 Å². The van der Waals surface area contributed by atoms with Gasteiger partial charge in [0, 0.05) is 0 Å². The van der Waals surface area contributed by atoms with Crippen LogP contribution in [0.5, 0.6) is 0 Å². The first-order valence-corrected chi connectivity index (χ1v) is 7.41. The molecule has 0 atom stereocenters. The predicted octanol–water partition coefficient (Wildman–Crippen LogP) is 2.07. The Morgan fingerprint density at radius 2 is 1.90 bits per heavy atom. The molecule has 108 valence electrons. The highest BCUT2D eigenvalue weighted by atomic mass is 32.2. The minimum atomic E-state index is -4.60. The highest BCUT2D eigenvalue weighted by Crippen LogP contribution is 2.49. The Labute approximate surface area is 114 Å². The van der Waals surface area contributed by atoms with Crippen molar-refractivity contribution in [3.05, 3.63) is 35.4 Å². The third-order valence-electron chi connectivity index (χ3n) is 3.13. The van der Waals surface area contributed by atoms with Crippen LogP contribution in [0.4, 0.5) is 13.2 Å². The van der Waals surface area contributed by atoms with E-state index in [0.717, 1.165) is 0 Å². The van der Waals surface area contributed by atoms with Gasteiger partial charge >= 0.3 is 6.18 Å². The summed E-state index contributed by atoms with van der Waals surface area (Å²) in [5.74, 6) is -0.644. The minimum absolute atomic E-state index is 0.134. The van der Waals surface area contributed by atoms with E-state index in [0.29, 0.717) is 0 Å². The van der Waals surface area contributed by atoms with Gasteiger partial charge in [-0.25, -0.2) is 8.42 Å². The van der Waals surface area contributed by atoms with Crippen LogP contribution >= 0.6 is 0 Å². The molecule has 0 radical (unpaired) electrons. The van der Waals surface area contributed by atoms with Crippen molar-refractivity contribution in [3.8, 4) is 6.07 Å². The first-order chi connectivity index (χ1) is 9.19. The Hall–Kier alpha value is -1.59.